The molecule has 0 spiro atoms. The number of imidazole rings is 1. The molecule has 5 heteroatoms. The third kappa shape index (κ3) is 3.52. The van der Waals surface area contributed by atoms with Gasteiger partial charge in [-0.3, -0.25) is 4.79 Å². The molecule has 0 radical (unpaired) electrons. The van der Waals surface area contributed by atoms with E-state index in [1.807, 2.05) is 54.9 Å². The standard InChI is InChI=1S/C24H22N4O/c29-24(21-14-25-13-18-7-1-2-9-20(18)21)27-19-8-5-6-17(12-19)15-28-16-26-22-10-3-4-11-23(22)28/h1-12,16,21,25H,13-15H2,(H,27,29). The first-order valence-electron chi connectivity index (χ1n) is 9.86. The van der Waals surface area contributed by atoms with Crippen molar-refractivity contribution in [3.05, 3.63) is 95.8 Å². The average molecular weight is 382 g/mol. The van der Waals surface area contributed by atoms with Crippen molar-refractivity contribution in [2.75, 3.05) is 11.9 Å². The Morgan fingerprint density at radius 2 is 1.93 bits per heavy atom. The van der Waals surface area contributed by atoms with Gasteiger partial charge in [-0.1, -0.05) is 48.5 Å². The largest absolute Gasteiger partial charge is 0.326 e. The van der Waals surface area contributed by atoms with Crippen molar-refractivity contribution < 1.29 is 4.79 Å². The Balaban J connectivity index is 1.35. The van der Waals surface area contributed by atoms with Gasteiger partial charge in [-0.05, 0) is 41.0 Å². The van der Waals surface area contributed by atoms with Gasteiger partial charge in [-0.15, -0.1) is 0 Å². The summed E-state index contributed by atoms with van der Waals surface area (Å²) >= 11 is 0. The Morgan fingerprint density at radius 3 is 2.90 bits per heavy atom. The quantitative estimate of drug-likeness (QED) is 0.563. The molecule has 0 bridgehead atoms. The molecule has 2 heterocycles. The minimum Gasteiger partial charge on any atom is -0.326 e. The molecule has 1 aliphatic heterocycles. The highest BCUT2D eigenvalue weighted by atomic mass is 16.1. The van der Waals surface area contributed by atoms with E-state index < -0.39 is 0 Å². The molecule has 144 valence electrons. The fraction of sp³-hybridized carbons (Fsp3) is 0.167. The Labute approximate surface area is 169 Å². The van der Waals surface area contributed by atoms with Crippen LogP contribution in [0.15, 0.2) is 79.1 Å². The molecule has 4 aromatic rings. The van der Waals surface area contributed by atoms with Gasteiger partial charge < -0.3 is 15.2 Å². The summed E-state index contributed by atoms with van der Waals surface area (Å²) in [5.74, 6) is -0.156. The SMILES string of the molecule is O=C(Nc1cccc(Cn2cnc3ccccc32)c1)C1CNCc2ccccc21. The normalized spacial score (nSPS) is 15.8. The number of hydrogen-bond donors (Lipinski definition) is 2. The van der Waals surface area contributed by atoms with E-state index in [1.165, 1.54) is 5.56 Å². The first-order valence-corrected chi connectivity index (χ1v) is 9.86. The maximum absolute atomic E-state index is 13.0. The number of rotatable bonds is 4. The van der Waals surface area contributed by atoms with Crippen LogP contribution in [0.4, 0.5) is 5.69 Å². The highest BCUT2D eigenvalue weighted by Crippen LogP contribution is 2.25. The molecule has 3 aromatic carbocycles. The molecule has 29 heavy (non-hydrogen) atoms. The lowest BCUT2D eigenvalue weighted by Gasteiger charge is -2.25. The zero-order valence-electron chi connectivity index (χ0n) is 16.0. The fourth-order valence-electron chi connectivity index (χ4n) is 4.04. The van der Waals surface area contributed by atoms with Gasteiger partial charge in [-0.25, -0.2) is 4.98 Å². The zero-order chi connectivity index (χ0) is 19.6. The Morgan fingerprint density at radius 1 is 1.07 bits per heavy atom. The van der Waals surface area contributed by atoms with Gasteiger partial charge in [0.1, 0.15) is 0 Å². The molecule has 0 saturated carbocycles. The van der Waals surface area contributed by atoms with Crippen LogP contribution in [-0.2, 0) is 17.9 Å². The Hall–Kier alpha value is -3.44. The maximum atomic E-state index is 13.0. The van der Waals surface area contributed by atoms with E-state index >= 15 is 0 Å². The molecule has 1 unspecified atom stereocenters. The van der Waals surface area contributed by atoms with E-state index in [0.717, 1.165) is 34.4 Å². The number of amides is 1. The second kappa shape index (κ2) is 7.53. The summed E-state index contributed by atoms with van der Waals surface area (Å²) in [4.78, 5) is 17.4. The Kier molecular flexibility index (Phi) is 4.58. The lowest BCUT2D eigenvalue weighted by atomic mass is 9.90. The second-order valence-corrected chi connectivity index (χ2v) is 7.43. The Bertz CT molecular complexity index is 1180. The number of nitrogens with zero attached hydrogens (tertiary/aromatic N) is 2. The molecule has 1 amide bonds. The molecule has 2 N–H and O–H groups in total. The van der Waals surface area contributed by atoms with E-state index in [9.17, 15) is 4.79 Å². The summed E-state index contributed by atoms with van der Waals surface area (Å²) in [5.41, 5.74) is 6.34. The summed E-state index contributed by atoms with van der Waals surface area (Å²) in [6, 6.07) is 24.3. The van der Waals surface area contributed by atoms with Crippen molar-refractivity contribution in [2.24, 2.45) is 0 Å². The van der Waals surface area contributed by atoms with E-state index in [0.29, 0.717) is 13.1 Å². The lowest BCUT2D eigenvalue weighted by molar-refractivity contribution is -0.117. The number of aromatic nitrogens is 2. The molecular formula is C24H22N4O. The predicted octanol–water partition coefficient (Wildman–Crippen LogP) is 3.91. The number of fused-ring (bicyclic) bond motifs is 2. The van der Waals surface area contributed by atoms with Gasteiger partial charge in [0.15, 0.2) is 0 Å². The molecule has 5 rings (SSSR count). The third-order valence-corrected chi connectivity index (χ3v) is 5.49. The summed E-state index contributed by atoms with van der Waals surface area (Å²) in [5, 5.41) is 6.45. The topological polar surface area (TPSA) is 59.0 Å². The first kappa shape index (κ1) is 17.6. The summed E-state index contributed by atoms with van der Waals surface area (Å²) < 4.78 is 2.12. The van der Waals surface area contributed by atoms with Crippen LogP contribution in [0.3, 0.4) is 0 Å². The monoisotopic (exact) mass is 382 g/mol. The van der Waals surface area contributed by atoms with E-state index in [1.54, 1.807) is 0 Å². The van der Waals surface area contributed by atoms with Crippen molar-refractivity contribution >= 4 is 22.6 Å². The molecule has 5 nitrogen and oxygen atoms in total. The van der Waals surface area contributed by atoms with Gasteiger partial charge in [0.2, 0.25) is 5.91 Å². The van der Waals surface area contributed by atoms with Crippen molar-refractivity contribution in [2.45, 2.75) is 19.0 Å². The minimum atomic E-state index is -0.179. The highest BCUT2D eigenvalue weighted by Gasteiger charge is 2.26. The molecule has 0 saturated heterocycles. The van der Waals surface area contributed by atoms with Crippen LogP contribution in [-0.4, -0.2) is 22.0 Å². The molecule has 1 aliphatic rings. The molecular weight excluding hydrogens is 360 g/mol. The number of carbonyl (C=O) groups excluding carboxylic acids is 1. The summed E-state index contributed by atoms with van der Waals surface area (Å²) in [6.45, 7) is 2.18. The van der Waals surface area contributed by atoms with E-state index in [2.05, 4.69) is 44.5 Å². The van der Waals surface area contributed by atoms with Gasteiger partial charge in [-0.2, -0.15) is 0 Å². The number of anilines is 1. The molecule has 1 aromatic heterocycles. The highest BCUT2D eigenvalue weighted by molar-refractivity contribution is 5.96. The minimum absolute atomic E-state index is 0.0230. The second-order valence-electron chi connectivity index (χ2n) is 7.43. The van der Waals surface area contributed by atoms with Crippen LogP contribution in [0.25, 0.3) is 11.0 Å². The van der Waals surface area contributed by atoms with Crippen molar-refractivity contribution in [3.8, 4) is 0 Å². The molecule has 0 fully saturated rings. The summed E-state index contributed by atoms with van der Waals surface area (Å²) in [7, 11) is 0. The predicted molar refractivity (Wildman–Crippen MR) is 115 cm³/mol. The molecule has 0 aliphatic carbocycles. The number of benzene rings is 3. The van der Waals surface area contributed by atoms with Crippen molar-refractivity contribution in [1.82, 2.24) is 14.9 Å². The number of carbonyl (C=O) groups is 1. The van der Waals surface area contributed by atoms with Gasteiger partial charge in [0.25, 0.3) is 0 Å². The zero-order valence-corrected chi connectivity index (χ0v) is 16.0. The van der Waals surface area contributed by atoms with Crippen molar-refractivity contribution in [1.29, 1.82) is 0 Å². The van der Waals surface area contributed by atoms with Crippen LogP contribution in [0.5, 0.6) is 0 Å². The summed E-state index contributed by atoms with van der Waals surface area (Å²) in [6.07, 6.45) is 1.86. The van der Waals surface area contributed by atoms with Gasteiger partial charge in [0, 0.05) is 25.3 Å². The lowest BCUT2D eigenvalue weighted by Crippen LogP contribution is -2.35. The van der Waals surface area contributed by atoms with Crippen molar-refractivity contribution in [3.63, 3.8) is 0 Å². The van der Waals surface area contributed by atoms with Crippen LogP contribution < -0.4 is 10.6 Å². The number of hydrogen-bond acceptors (Lipinski definition) is 3. The average Bonchev–Trinajstić information content (AvgIpc) is 3.16. The van der Waals surface area contributed by atoms with Gasteiger partial charge >= 0.3 is 0 Å². The van der Waals surface area contributed by atoms with Gasteiger partial charge in [0.05, 0.1) is 23.3 Å². The number of para-hydroxylation sites is 2. The smallest absolute Gasteiger partial charge is 0.233 e. The van der Waals surface area contributed by atoms with Crippen LogP contribution >= 0.6 is 0 Å². The first-order chi connectivity index (χ1) is 14.3. The molecule has 1 atom stereocenters. The van der Waals surface area contributed by atoms with E-state index in [-0.39, 0.29) is 11.8 Å². The van der Waals surface area contributed by atoms with Crippen LogP contribution in [0.1, 0.15) is 22.6 Å². The number of nitrogens with one attached hydrogen (secondary N) is 2. The van der Waals surface area contributed by atoms with Crippen LogP contribution in [0, 0.1) is 0 Å². The van der Waals surface area contributed by atoms with Crippen LogP contribution in [0.2, 0.25) is 0 Å². The third-order valence-electron chi connectivity index (χ3n) is 5.49. The fourth-order valence-corrected chi connectivity index (χ4v) is 4.04. The van der Waals surface area contributed by atoms with E-state index in [4.69, 9.17) is 0 Å². The maximum Gasteiger partial charge on any atom is 0.233 e.